The summed E-state index contributed by atoms with van der Waals surface area (Å²) in [5, 5.41) is 8.17. The van der Waals surface area contributed by atoms with Gasteiger partial charge in [-0.15, -0.1) is 5.10 Å². The molecule has 0 saturated heterocycles. The minimum atomic E-state index is -4.51. The average Bonchev–Trinajstić information content (AvgIpc) is 3.44. The van der Waals surface area contributed by atoms with Crippen molar-refractivity contribution in [2.75, 3.05) is 0 Å². The fourth-order valence-corrected chi connectivity index (χ4v) is 3.25. The summed E-state index contributed by atoms with van der Waals surface area (Å²) in [4.78, 5) is 13.7. The van der Waals surface area contributed by atoms with Gasteiger partial charge in [-0.2, -0.15) is 18.3 Å². The highest BCUT2D eigenvalue weighted by atomic mass is 19.4. The van der Waals surface area contributed by atoms with E-state index < -0.39 is 17.3 Å². The lowest BCUT2D eigenvalue weighted by Gasteiger charge is -2.24. The number of aromatic nitrogens is 7. The van der Waals surface area contributed by atoms with Crippen LogP contribution in [0.2, 0.25) is 0 Å². The third-order valence-corrected chi connectivity index (χ3v) is 5.26. The van der Waals surface area contributed by atoms with Gasteiger partial charge < -0.3 is 0 Å². The number of rotatable bonds is 4. The minimum Gasteiger partial charge on any atom is -0.233 e. The van der Waals surface area contributed by atoms with Crippen molar-refractivity contribution in [3.8, 4) is 11.6 Å². The average molecular weight is 455 g/mol. The second-order valence-corrected chi connectivity index (χ2v) is 9.29. The molecule has 0 bridgehead atoms. The van der Waals surface area contributed by atoms with E-state index in [4.69, 9.17) is 4.98 Å². The Labute approximate surface area is 189 Å². The van der Waals surface area contributed by atoms with Crippen LogP contribution in [0.25, 0.3) is 11.6 Å². The zero-order valence-electron chi connectivity index (χ0n) is 19.0. The van der Waals surface area contributed by atoms with Crippen LogP contribution in [-0.2, 0) is 17.0 Å². The highest BCUT2D eigenvalue weighted by Gasteiger charge is 2.34. The molecule has 4 aromatic heterocycles. The van der Waals surface area contributed by atoms with Crippen LogP contribution in [-0.4, -0.2) is 34.5 Å². The third-order valence-electron chi connectivity index (χ3n) is 5.26. The maximum Gasteiger partial charge on any atom is 0.435 e. The first-order chi connectivity index (χ1) is 15.4. The Balaban J connectivity index is 1.68. The smallest absolute Gasteiger partial charge is 0.233 e. The van der Waals surface area contributed by atoms with Gasteiger partial charge in [0.1, 0.15) is 6.33 Å². The molecule has 0 N–H and O–H groups in total. The molecule has 0 aliphatic rings. The van der Waals surface area contributed by atoms with Crippen LogP contribution in [0.1, 0.15) is 57.5 Å². The molecule has 4 heterocycles. The van der Waals surface area contributed by atoms with Crippen LogP contribution in [0, 0.1) is 0 Å². The second kappa shape index (κ2) is 7.79. The van der Waals surface area contributed by atoms with E-state index in [1.807, 2.05) is 58.9 Å². The van der Waals surface area contributed by atoms with E-state index >= 15 is 0 Å². The number of pyridine rings is 2. The largest absolute Gasteiger partial charge is 0.435 e. The van der Waals surface area contributed by atoms with E-state index in [1.165, 1.54) is 6.20 Å². The van der Waals surface area contributed by atoms with Gasteiger partial charge in [0.25, 0.3) is 0 Å². The number of halogens is 3. The van der Waals surface area contributed by atoms with E-state index in [-0.39, 0.29) is 5.41 Å². The van der Waals surface area contributed by atoms with Gasteiger partial charge in [0, 0.05) is 17.0 Å². The standard InChI is InChI=1S/C23H24F3N7/c1-21(2,3)20-27-14-33(31-20)19-11-7-9-16(29-19)22(4,5)15-8-6-10-18(28-15)32-13-12-17(30-32)23(24,25)26/h6-14H,1-5H3. The summed E-state index contributed by atoms with van der Waals surface area (Å²) in [7, 11) is 0. The molecule has 0 aliphatic heterocycles. The monoisotopic (exact) mass is 455 g/mol. The molecule has 33 heavy (non-hydrogen) atoms. The molecule has 0 saturated carbocycles. The van der Waals surface area contributed by atoms with Crippen LogP contribution < -0.4 is 0 Å². The Kier molecular flexibility index (Phi) is 5.34. The fourth-order valence-electron chi connectivity index (χ4n) is 3.25. The van der Waals surface area contributed by atoms with Gasteiger partial charge in [-0.05, 0) is 44.2 Å². The Morgan fingerprint density at radius 2 is 1.27 bits per heavy atom. The Bertz CT molecular complexity index is 1180. The maximum atomic E-state index is 12.9. The summed E-state index contributed by atoms with van der Waals surface area (Å²) in [6.07, 6.45) is -1.63. The molecule has 0 fully saturated rings. The SMILES string of the molecule is CC(C)(C)c1ncn(-c2cccc(C(C)(C)c3cccc(-n4ccc(C(F)(F)F)n4)n3)n2)n1. The van der Waals surface area contributed by atoms with Gasteiger partial charge in [0.2, 0.25) is 0 Å². The molecule has 172 valence electrons. The normalized spacial score (nSPS) is 12.8. The van der Waals surface area contributed by atoms with Crippen LogP contribution in [0.15, 0.2) is 55.0 Å². The molecule has 7 nitrogen and oxygen atoms in total. The van der Waals surface area contributed by atoms with Gasteiger partial charge in [0.15, 0.2) is 23.2 Å². The molecule has 4 rings (SSSR count). The van der Waals surface area contributed by atoms with Crippen LogP contribution in [0.4, 0.5) is 13.2 Å². The van der Waals surface area contributed by atoms with Crippen molar-refractivity contribution in [3.05, 3.63) is 77.9 Å². The van der Waals surface area contributed by atoms with Crippen LogP contribution in [0.5, 0.6) is 0 Å². The third kappa shape index (κ3) is 4.50. The summed E-state index contributed by atoms with van der Waals surface area (Å²) in [6, 6.07) is 11.7. The Morgan fingerprint density at radius 1 is 0.697 bits per heavy atom. The molecule has 0 radical (unpaired) electrons. The summed E-state index contributed by atoms with van der Waals surface area (Å²) >= 11 is 0. The van der Waals surface area contributed by atoms with E-state index in [0.29, 0.717) is 23.2 Å². The predicted molar refractivity (Wildman–Crippen MR) is 116 cm³/mol. The fraction of sp³-hybridized carbons (Fsp3) is 0.348. The molecule has 0 atom stereocenters. The minimum absolute atomic E-state index is 0.190. The lowest BCUT2D eigenvalue weighted by atomic mass is 9.84. The van der Waals surface area contributed by atoms with Crippen molar-refractivity contribution in [2.45, 2.75) is 51.6 Å². The van der Waals surface area contributed by atoms with Crippen LogP contribution in [0.3, 0.4) is 0 Å². The maximum absolute atomic E-state index is 12.9. The molecule has 0 spiro atoms. The summed E-state index contributed by atoms with van der Waals surface area (Å²) < 4.78 is 41.6. The highest BCUT2D eigenvalue weighted by Crippen LogP contribution is 2.31. The quantitative estimate of drug-likeness (QED) is 0.438. The predicted octanol–water partition coefficient (Wildman–Crippen LogP) is 4.89. The van der Waals surface area contributed by atoms with E-state index in [2.05, 4.69) is 20.2 Å². The topological polar surface area (TPSA) is 74.3 Å². The van der Waals surface area contributed by atoms with E-state index in [9.17, 15) is 13.2 Å². The van der Waals surface area contributed by atoms with E-state index in [1.54, 1.807) is 23.1 Å². The molecule has 4 aromatic rings. The Morgan fingerprint density at radius 3 is 1.76 bits per heavy atom. The van der Waals surface area contributed by atoms with Crippen molar-refractivity contribution in [3.63, 3.8) is 0 Å². The molecule has 0 unspecified atom stereocenters. The van der Waals surface area contributed by atoms with Crippen molar-refractivity contribution in [1.82, 2.24) is 34.5 Å². The first-order valence-electron chi connectivity index (χ1n) is 10.4. The first-order valence-corrected chi connectivity index (χ1v) is 10.4. The van der Waals surface area contributed by atoms with Gasteiger partial charge in [-0.25, -0.2) is 24.3 Å². The number of alkyl halides is 3. The lowest BCUT2D eigenvalue weighted by molar-refractivity contribution is -0.141. The number of hydrogen-bond acceptors (Lipinski definition) is 5. The molecule has 0 aliphatic carbocycles. The zero-order valence-corrected chi connectivity index (χ0v) is 19.0. The van der Waals surface area contributed by atoms with Crippen molar-refractivity contribution in [2.24, 2.45) is 0 Å². The van der Waals surface area contributed by atoms with Crippen molar-refractivity contribution >= 4 is 0 Å². The van der Waals surface area contributed by atoms with Crippen molar-refractivity contribution in [1.29, 1.82) is 0 Å². The van der Waals surface area contributed by atoms with E-state index in [0.717, 1.165) is 16.4 Å². The van der Waals surface area contributed by atoms with Crippen LogP contribution >= 0.6 is 0 Å². The first kappa shape index (κ1) is 22.6. The highest BCUT2D eigenvalue weighted by molar-refractivity contribution is 5.36. The van der Waals surface area contributed by atoms with Gasteiger partial charge in [0.05, 0.1) is 11.4 Å². The summed E-state index contributed by atoms with van der Waals surface area (Å²) in [5.41, 5.74) is -0.424. The van der Waals surface area contributed by atoms with Gasteiger partial charge in [-0.3, -0.25) is 0 Å². The summed E-state index contributed by atoms with van der Waals surface area (Å²) in [6.45, 7) is 10.0. The summed E-state index contributed by atoms with van der Waals surface area (Å²) in [5.74, 6) is 1.61. The zero-order chi connectivity index (χ0) is 24.0. The molecule has 0 amide bonds. The lowest BCUT2D eigenvalue weighted by Crippen LogP contribution is -2.23. The second-order valence-electron chi connectivity index (χ2n) is 9.29. The number of nitrogens with zero attached hydrogens (tertiary/aromatic N) is 7. The molecule has 10 heteroatoms. The Hall–Kier alpha value is -3.56. The molecular weight excluding hydrogens is 431 g/mol. The molecule has 0 aromatic carbocycles. The van der Waals surface area contributed by atoms with Gasteiger partial charge >= 0.3 is 6.18 Å². The number of hydrogen-bond donors (Lipinski definition) is 0. The van der Waals surface area contributed by atoms with Crippen molar-refractivity contribution < 1.29 is 13.2 Å². The van der Waals surface area contributed by atoms with Gasteiger partial charge in [-0.1, -0.05) is 32.9 Å². The molecular formula is C23H24F3N7.